The summed E-state index contributed by atoms with van der Waals surface area (Å²) in [5, 5.41) is 3.15. The average molecular weight is 212 g/mol. The van der Waals surface area contributed by atoms with Crippen LogP contribution in [-0.4, -0.2) is 50.7 Å². The Labute approximate surface area is 91.0 Å². The van der Waals surface area contributed by atoms with Crippen molar-refractivity contribution >= 4 is 5.91 Å². The van der Waals surface area contributed by atoms with Crippen LogP contribution < -0.4 is 5.32 Å². The first-order valence-electron chi connectivity index (χ1n) is 5.80. The van der Waals surface area contributed by atoms with Crippen LogP contribution in [-0.2, 0) is 9.53 Å². The van der Waals surface area contributed by atoms with Crippen molar-refractivity contribution in [3.8, 4) is 0 Å². The Morgan fingerprint density at radius 1 is 1.40 bits per heavy atom. The van der Waals surface area contributed by atoms with E-state index in [4.69, 9.17) is 4.74 Å². The lowest BCUT2D eigenvalue weighted by Gasteiger charge is -2.44. The fraction of sp³-hybridized carbons (Fsp3) is 0.909. The van der Waals surface area contributed by atoms with Crippen LogP contribution in [0.4, 0.5) is 0 Å². The van der Waals surface area contributed by atoms with Crippen molar-refractivity contribution in [3.05, 3.63) is 0 Å². The predicted molar refractivity (Wildman–Crippen MR) is 57.6 cm³/mol. The van der Waals surface area contributed by atoms with Gasteiger partial charge < -0.3 is 15.0 Å². The SMILES string of the molecule is CNCC1(C(=O)N2CCOCC2)CCC1. The van der Waals surface area contributed by atoms with E-state index >= 15 is 0 Å². The van der Waals surface area contributed by atoms with Gasteiger partial charge in [-0.3, -0.25) is 4.79 Å². The molecule has 1 aliphatic heterocycles. The summed E-state index contributed by atoms with van der Waals surface area (Å²) in [6.45, 7) is 3.75. The summed E-state index contributed by atoms with van der Waals surface area (Å²) in [7, 11) is 1.92. The number of rotatable bonds is 3. The Morgan fingerprint density at radius 2 is 2.07 bits per heavy atom. The van der Waals surface area contributed by atoms with Crippen LogP contribution in [0.15, 0.2) is 0 Å². The third-order valence-corrected chi connectivity index (χ3v) is 3.58. The van der Waals surface area contributed by atoms with Crippen LogP contribution >= 0.6 is 0 Å². The van der Waals surface area contributed by atoms with E-state index in [9.17, 15) is 4.79 Å². The van der Waals surface area contributed by atoms with Crippen molar-refractivity contribution in [2.45, 2.75) is 19.3 Å². The molecule has 1 aliphatic carbocycles. The highest BCUT2D eigenvalue weighted by molar-refractivity contribution is 5.84. The zero-order valence-corrected chi connectivity index (χ0v) is 9.42. The van der Waals surface area contributed by atoms with Gasteiger partial charge in [0.25, 0.3) is 0 Å². The molecule has 2 aliphatic rings. The number of carbonyl (C=O) groups excluding carboxylic acids is 1. The van der Waals surface area contributed by atoms with E-state index in [-0.39, 0.29) is 5.41 Å². The molecule has 1 amide bonds. The second kappa shape index (κ2) is 4.49. The molecule has 0 atom stereocenters. The summed E-state index contributed by atoms with van der Waals surface area (Å²) in [6, 6.07) is 0. The molecule has 0 bridgehead atoms. The number of nitrogens with zero attached hydrogens (tertiary/aromatic N) is 1. The Bertz CT molecular complexity index is 233. The van der Waals surface area contributed by atoms with Crippen molar-refractivity contribution in [2.24, 2.45) is 5.41 Å². The zero-order chi connectivity index (χ0) is 10.7. The summed E-state index contributed by atoms with van der Waals surface area (Å²) in [6.07, 6.45) is 3.28. The van der Waals surface area contributed by atoms with Gasteiger partial charge in [-0.25, -0.2) is 0 Å². The zero-order valence-electron chi connectivity index (χ0n) is 9.42. The lowest BCUT2D eigenvalue weighted by Crippen LogP contribution is -2.54. The van der Waals surface area contributed by atoms with Gasteiger partial charge >= 0.3 is 0 Å². The topological polar surface area (TPSA) is 41.6 Å². The minimum Gasteiger partial charge on any atom is -0.378 e. The van der Waals surface area contributed by atoms with Gasteiger partial charge in [0.1, 0.15) is 0 Å². The first-order valence-corrected chi connectivity index (χ1v) is 5.80. The van der Waals surface area contributed by atoms with Crippen molar-refractivity contribution in [1.82, 2.24) is 10.2 Å². The lowest BCUT2D eigenvalue weighted by molar-refractivity contribution is -0.151. The largest absolute Gasteiger partial charge is 0.378 e. The van der Waals surface area contributed by atoms with E-state index in [1.54, 1.807) is 0 Å². The molecule has 0 spiro atoms. The maximum atomic E-state index is 12.3. The Hall–Kier alpha value is -0.610. The van der Waals surface area contributed by atoms with Gasteiger partial charge in [0.15, 0.2) is 0 Å². The summed E-state index contributed by atoms with van der Waals surface area (Å²) in [5.74, 6) is 0.339. The minimum absolute atomic E-state index is 0.0912. The first kappa shape index (κ1) is 10.9. The number of ether oxygens (including phenoxy) is 1. The van der Waals surface area contributed by atoms with Crippen LogP contribution in [0.1, 0.15) is 19.3 Å². The molecule has 0 radical (unpaired) electrons. The van der Waals surface area contributed by atoms with E-state index in [0.717, 1.165) is 32.5 Å². The Kier molecular flexibility index (Phi) is 3.26. The van der Waals surface area contributed by atoms with Gasteiger partial charge in [-0.15, -0.1) is 0 Å². The molecule has 15 heavy (non-hydrogen) atoms. The molecule has 1 heterocycles. The molecule has 0 aromatic rings. The van der Waals surface area contributed by atoms with Crippen molar-refractivity contribution in [1.29, 1.82) is 0 Å². The highest BCUT2D eigenvalue weighted by Crippen LogP contribution is 2.42. The highest BCUT2D eigenvalue weighted by Gasteiger charge is 2.45. The molecule has 0 unspecified atom stereocenters. The van der Waals surface area contributed by atoms with Gasteiger partial charge in [0, 0.05) is 19.6 Å². The minimum atomic E-state index is -0.0912. The monoisotopic (exact) mass is 212 g/mol. The Morgan fingerprint density at radius 3 is 2.53 bits per heavy atom. The maximum Gasteiger partial charge on any atom is 0.230 e. The lowest BCUT2D eigenvalue weighted by atomic mass is 9.67. The fourth-order valence-corrected chi connectivity index (χ4v) is 2.51. The van der Waals surface area contributed by atoms with E-state index in [0.29, 0.717) is 19.1 Å². The quantitative estimate of drug-likeness (QED) is 0.728. The maximum absolute atomic E-state index is 12.3. The van der Waals surface area contributed by atoms with Gasteiger partial charge in [-0.05, 0) is 19.9 Å². The Balaban J connectivity index is 1.97. The smallest absolute Gasteiger partial charge is 0.230 e. The van der Waals surface area contributed by atoms with Gasteiger partial charge in [0.2, 0.25) is 5.91 Å². The number of amides is 1. The molecule has 2 fully saturated rings. The molecule has 4 heteroatoms. The fourth-order valence-electron chi connectivity index (χ4n) is 2.51. The van der Waals surface area contributed by atoms with Gasteiger partial charge in [-0.2, -0.15) is 0 Å². The molecule has 1 N–H and O–H groups in total. The molecule has 0 aromatic carbocycles. The third-order valence-electron chi connectivity index (χ3n) is 3.58. The normalized spacial score (nSPS) is 24.7. The molecule has 0 aromatic heterocycles. The summed E-state index contributed by atoms with van der Waals surface area (Å²) < 4.78 is 5.26. The molecule has 86 valence electrons. The van der Waals surface area contributed by atoms with E-state index in [1.165, 1.54) is 6.42 Å². The second-order valence-corrected chi connectivity index (χ2v) is 4.57. The standard InChI is InChI=1S/C11H20N2O2/c1-12-9-11(3-2-4-11)10(14)13-5-7-15-8-6-13/h12H,2-9H2,1H3. The van der Waals surface area contributed by atoms with Crippen LogP contribution in [0.3, 0.4) is 0 Å². The van der Waals surface area contributed by atoms with E-state index in [2.05, 4.69) is 5.32 Å². The van der Waals surface area contributed by atoms with Crippen LogP contribution in [0.25, 0.3) is 0 Å². The number of morpholine rings is 1. The van der Waals surface area contributed by atoms with Crippen LogP contribution in [0.5, 0.6) is 0 Å². The second-order valence-electron chi connectivity index (χ2n) is 4.57. The van der Waals surface area contributed by atoms with Gasteiger partial charge in [-0.1, -0.05) is 6.42 Å². The first-order chi connectivity index (χ1) is 7.28. The molecule has 2 rings (SSSR count). The number of hydrogen-bond acceptors (Lipinski definition) is 3. The van der Waals surface area contributed by atoms with Crippen LogP contribution in [0, 0.1) is 5.41 Å². The molecule has 1 saturated carbocycles. The number of carbonyl (C=O) groups is 1. The van der Waals surface area contributed by atoms with E-state index < -0.39 is 0 Å². The number of nitrogens with one attached hydrogen (secondary N) is 1. The predicted octanol–water partition coefficient (Wildman–Crippen LogP) is 0.235. The summed E-state index contributed by atoms with van der Waals surface area (Å²) in [4.78, 5) is 14.3. The van der Waals surface area contributed by atoms with Crippen molar-refractivity contribution < 1.29 is 9.53 Å². The molecule has 4 nitrogen and oxygen atoms in total. The van der Waals surface area contributed by atoms with Crippen molar-refractivity contribution in [3.63, 3.8) is 0 Å². The van der Waals surface area contributed by atoms with Gasteiger partial charge in [0.05, 0.1) is 18.6 Å². The summed E-state index contributed by atoms with van der Waals surface area (Å²) >= 11 is 0. The highest BCUT2D eigenvalue weighted by atomic mass is 16.5. The molecular weight excluding hydrogens is 192 g/mol. The average Bonchev–Trinajstić information content (AvgIpc) is 2.24. The summed E-state index contributed by atoms with van der Waals surface area (Å²) in [5.41, 5.74) is -0.0912. The van der Waals surface area contributed by atoms with Crippen LogP contribution in [0.2, 0.25) is 0 Å². The number of hydrogen-bond donors (Lipinski definition) is 1. The van der Waals surface area contributed by atoms with E-state index in [1.807, 2.05) is 11.9 Å². The third kappa shape index (κ3) is 2.01. The molecule has 1 saturated heterocycles. The molecular formula is C11H20N2O2. The van der Waals surface area contributed by atoms with Crippen molar-refractivity contribution in [2.75, 3.05) is 39.9 Å².